The van der Waals surface area contributed by atoms with Gasteiger partial charge in [-0.15, -0.1) is 0 Å². The van der Waals surface area contributed by atoms with Gasteiger partial charge in [0.05, 0.1) is 19.3 Å². The van der Waals surface area contributed by atoms with Gasteiger partial charge in [-0.25, -0.2) is 0 Å². The maximum absolute atomic E-state index is 9.32. The first-order chi connectivity index (χ1) is 10.8. The first kappa shape index (κ1) is 16.7. The molecule has 124 valence electrons. The molecule has 2 heterocycles. The number of hydrogen-bond acceptors (Lipinski definition) is 8. The Kier molecular flexibility index (Phi) is 6.60. The highest BCUT2D eigenvalue weighted by molar-refractivity contribution is 5.44. The second kappa shape index (κ2) is 8.70. The summed E-state index contributed by atoms with van der Waals surface area (Å²) in [5.74, 6) is 1.54. The quantitative estimate of drug-likeness (QED) is 0.548. The van der Waals surface area contributed by atoms with Crippen LogP contribution in [0.1, 0.15) is 32.6 Å². The number of anilines is 3. The average molecular weight is 310 g/mol. The lowest BCUT2D eigenvalue weighted by Crippen LogP contribution is -2.32. The van der Waals surface area contributed by atoms with Gasteiger partial charge in [0, 0.05) is 19.6 Å². The number of aliphatic hydroxyl groups is 2. The molecule has 0 saturated carbocycles. The molecule has 2 rings (SSSR count). The molecule has 1 aliphatic heterocycles. The molecule has 22 heavy (non-hydrogen) atoms. The number of nitrogens with zero attached hydrogens (tertiary/aromatic N) is 4. The zero-order chi connectivity index (χ0) is 15.8. The van der Waals surface area contributed by atoms with Gasteiger partial charge >= 0.3 is 0 Å². The van der Waals surface area contributed by atoms with Crippen LogP contribution < -0.4 is 15.5 Å². The fourth-order valence-corrected chi connectivity index (χ4v) is 2.37. The van der Waals surface area contributed by atoms with Crippen molar-refractivity contribution in [3.05, 3.63) is 0 Å². The second-order valence-corrected chi connectivity index (χ2v) is 5.41. The predicted molar refractivity (Wildman–Crippen MR) is 86.3 cm³/mol. The fourth-order valence-electron chi connectivity index (χ4n) is 2.37. The summed E-state index contributed by atoms with van der Waals surface area (Å²) in [7, 11) is 0. The van der Waals surface area contributed by atoms with Crippen LogP contribution in [0.3, 0.4) is 0 Å². The third kappa shape index (κ3) is 4.67. The molecule has 0 aliphatic carbocycles. The Morgan fingerprint density at radius 2 is 1.82 bits per heavy atom. The normalized spacial score (nSPS) is 16.4. The van der Waals surface area contributed by atoms with Crippen molar-refractivity contribution in [2.45, 2.75) is 38.6 Å². The molecule has 0 bridgehead atoms. The maximum Gasteiger partial charge on any atom is 0.231 e. The zero-order valence-electron chi connectivity index (χ0n) is 13.1. The molecule has 8 nitrogen and oxygen atoms in total. The zero-order valence-corrected chi connectivity index (χ0v) is 13.1. The molecule has 4 N–H and O–H groups in total. The molecule has 0 spiro atoms. The van der Waals surface area contributed by atoms with Crippen LogP contribution >= 0.6 is 0 Å². The van der Waals surface area contributed by atoms with Crippen LogP contribution in [0.25, 0.3) is 0 Å². The number of nitrogens with one attached hydrogen (secondary N) is 2. The van der Waals surface area contributed by atoms with Gasteiger partial charge in [-0.3, -0.25) is 0 Å². The molecule has 0 aromatic carbocycles. The highest BCUT2D eigenvalue weighted by Gasteiger charge is 2.17. The summed E-state index contributed by atoms with van der Waals surface area (Å²) in [6.45, 7) is 4.31. The Morgan fingerprint density at radius 3 is 2.45 bits per heavy atom. The molecular formula is C14H26N6O2. The third-order valence-electron chi connectivity index (χ3n) is 3.70. The molecule has 1 atom stereocenters. The molecule has 1 aromatic rings. The summed E-state index contributed by atoms with van der Waals surface area (Å²) >= 11 is 0. The highest BCUT2D eigenvalue weighted by atomic mass is 16.3. The van der Waals surface area contributed by atoms with Crippen molar-refractivity contribution in [1.82, 2.24) is 15.0 Å². The van der Waals surface area contributed by atoms with Crippen molar-refractivity contribution in [1.29, 1.82) is 0 Å². The summed E-state index contributed by atoms with van der Waals surface area (Å²) in [6.07, 6.45) is 4.30. The van der Waals surface area contributed by atoms with Gasteiger partial charge in [0.15, 0.2) is 0 Å². The number of aromatic nitrogens is 3. The predicted octanol–water partition coefficient (Wildman–Crippen LogP) is 0.449. The van der Waals surface area contributed by atoms with Gasteiger partial charge in [0.2, 0.25) is 17.8 Å². The molecular weight excluding hydrogens is 284 g/mol. The van der Waals surface area contributed by atoms with Crippen LogP contribution in [0, 0.1) is 0 Å². The van der Waals surface area contributed by atoms with E-state index in [1.807, 2.05) is 6.92 Å². The van der Waals surface area contributed by atoms with E-state index < -0.39 is 0 Å². The van der Waals surface area contributed by atoms with E-state index in [-0.39, 0.29) is 19.3 Å². The van der Waals surface area contributed by atoms with Gasteiger partial charge in [-0.05, 0) is 25.7 Å². The van der Waals surface area contributed by atoms with E-state index in [2.05, 4.69) is 30.5 Å². The fraction of sp³-hybridized carbons (Fsp3) is 0.786. The molecule has 1 fully saturated rings. The number of rotatable bonds is 8. The SMILES string of the molecule is CC[C@H](CO)Nc1nc(NCCO)nc(N2CCCCC2)n1. The molecule has 8 heteroatoms. The smallest absolute Gasteiger partial charge is 0.231 e. The van der Waals surface area contributed by atoms with E-state index >= 15 is 0 Å². The average Bonchev–Trinajstić information content (AvgIpc) is 2.58. The van der Waals surface area contributed by atoms with Crippen molar-refractivity contribution in [2.75, 3.05) is 48.4 Å². The number of aliphatic hydroxyl groups excluding tert-OH is 2. The molecule has 1 aliphatic rings. The molecule has 0 amide bonds. The lowest BCUT2D eigenvalue weighted by Gasteiger charge is -2.27. The van der Waals surface area contributed by atoms with Gasteiger partial charge < -0.3 is 25.7 Å². The van der Waals surface area contributed by atoms with E-state index in [9.17, 15) is 5.11 Å². The Labute approximate surface area is 131 Å². The van der Waals surface area contributed by atoms with Crippen molar-refractivity contribution in [2.24, 2.45) is 0 Å². The molecule has 1 aromatic heterocycles. The minimum Gasteiger partial charge on any atom is -0.395 e. The van der Waals surface area contributed by atoms with Crippen LogP contribution in [0.4, 0.5) is 17.8 Å². The first-order valence-corrected chi connectivity index (χ1v) is 8.00. The Bertz CT molecular complexity index is 449. The Balaban J connectivity index is 2.19. The largest absolute Gasteiger partial charge is 0.395 e. The van der Waals surface area contributed by atoms with Crippen LogP contribution in [0.5, 0.6) is 0 Å². The molecule has 0 radical (unpaired) electrons. The minimum atomic E-state index is -0.0812. The third-order valence-corrected chi connectivity index (χ3v) is 3.70. The molecule has 0 unspecified atom stereocenters. The van der Waals surface area contributed by atoms with Crippen molar-refractivity contribution < 1.29 is 10.2 Å². The van der Waals surface area contributed by atoms with Gasteiger partial charge in [0.1, 0.15) is 0 Å². The molecule has 1 saturated heterocycles. The topological polar surface area (TPSA) is 106 Å². The van der Waals surface area contributed by atoms with E-state index in [0.717, 1.165) is 32.4 Å². The van der Waals surface area contributed by atoms with E-state index in [0.29, 0.717) is 24.4 Å². The van der Waals surface area contributed by atoms with Crippen molar-refractivity contribution >= 4 is 17.8 Å². The van der Waals surface area contributed by atoms with Crippen LogP contribution in [0.15, 0.2) is 0 Å². The van der Waals surface area contributed by atoms with Crippen LogP contribution in [-0.2, 0) is 0 Å². The number of piperidine rings is 1. The van der Waals surface area contributed by atoms with Crippen LogP contribution in [-0.4, -0.2) is 64.1 Å². The van der Waals surface area contributed by atoms with Crippen molar-refractivity contribution in [3.63, 3.8) is 0 Å². The summed E-state index contributed by atoms with van der Waals surface area (Å²) in [6, 6.07) is -0.0812. The van der Waals surface area contributed by atoms with Gasteiger partial charge in [0.25, 0.3) is 0 Å². The highest BCUT2D eigenvalue weighted by Crippen LogP contribution is 2.19. The lowest BCUT2D eigenvalue weighted by atomic mass is 10.1. The van der Waals surface area contributed by atoms with E-state index in [4.69, 9.17) is 5.11 Å². The van der Waals surface area contributed by atoms with Gasteiger partial charge in [-0.1, -0.05) is 6.92 Å². The van der Waals surface area contributed by atoms with E-state index in [1.165, 1.54) is 6.42 Å². The monoisotopic (exact) mass is 310 g/mol. The van der Waals surface area contributed by atoms with Crippen LogP contribution in [0.2, 0.25) is 0 Å². The maximum atomic E-state index is 9.32. The summed E-state index contributed by atoms with van der Waals surface area (Å²) < 4.78 is 0. The van der Waals surface area contributed by atoms with Gasteiger partial charge in [-0.2, -0.15) is 15.0 Å². The summed E-state index contributed by atoms with van der Waals surface area (Å²) in [5, 5.41) is 24.4. The Morgan fingerprint density at radius 1 is 1.09 bits per heavy atom. The first-order valence-electron chi connectivity index (χ1n) is 8.00. The number of hydrogen-bond donors (Lipinski definition) is 4. The van der Waals surface area contributed by atoms with Crippen molar-refractivity contribution in [3.8, 4) is 0 Å². The summed E-state index contributed by atoms with van der Waals surface area (Å²) in [5.41, 5.74) is 0. The summed E-state index contributed by atoms with van der Waals surface area (Å²) in [4.78, 5) is 15.4. The minimum absolute atomic E-state index is 0.0156. The standard InChI is InChI=1S/C14H26N6O2/c1-2-11(10-22)16-13-17-12(15-6-9-21)18-14(19-13)20-7-4-3-5-8-20/h11,21-22H,2-10H2,1H3,(H2,15,16,17,18,19)/t11-/m1/s1. The Hall–Kier alpha value is -1.67. The van der Waals surface area contributed by atoms with E-state index in [1.54, 1.807) is 0 Å². The second-order valence-electron chi connectivity index (χ2n) is 5.41. The lowest BCUT2D eigenvalue weighted by molar-refractivity contribution is 0.271.